The summed E-state index contributed by atoms with van der Waals surface area (Å²) < 4.78 is 32.2. The fourth-order valence-electron chi connectivity index (χ4n) is 1.76. The van der Waals surface area contributed by atoms with Crippen molar-refractivity contribution in [3.63, 3.8) is 0 Å². The van der Waals surface area contributed by atoms with E-state index in [9.17, 15) is 8.42 Å². The third kappa shape index (κ3) is 5.81. The van der Waals surface area contributed by atoms with Gasteiger partial charge in [-0.05, 0) is 12.1 Å². The summed E-state index contributed by atoms with van der Waals surface area (Å²) in [7, 11) is -3.52. The Kier molecular flexibility index (Phi) is 8.35. The number of aliphatic imine (C=N–C) groups is 1. The average molecular weight is 481 g/mol. The average Bonchev–Trinajstić information content (AvgIpc) is 2.92. The van der Waals surface area contributed by atoms with Crippen LogP contribution in [0.1, 0.15) is 0 Å². The van der Waals surface area contributed by atoms with Crippen molar-refractivity contribution in [1.82, 2.24) is 9.62 Å². The van der Waals surface area contributed by atoms with E-state index in [1.807, 2.05) is 4.90 Å². The maximum absolute atomic E-state index is 11.9. The van der Waals surface area contributed by atoms with Crippen molar-refractivity contribution in [3.05, 3.63) is 16.5 Å². The topological polar surface area (TPSA) is 97.0 Å². The number of ether oxygens (including phenoxy) is 1. The summed E-state index contributed by atoms with van der Waals surface area (Å²) in [6.07, 6.45) is 0. The highest BCUT2D eigenvalue weighted by Gasteiger charge is 2.16. The molecule has 1 saturated heterocycles. The fraction of sp³-hybridized carbons (Fsp3) is 0.545. The monoisotopic (exact) mass is 480 g/mol. The normalized spacial score (nSPS) is 16.4. The SMILES string of the molecule is I.NC(=NCCNS(=O)(=O)c1ccc(Cl)s1)N1CCOCC1. The second-order valence-electron chi connectivity index (χ2n) is 4.30. The first-order chi connectivity index (χ1) is 9.99. The van der Waals surface area contributed by atoms with Gasteiger partial charge in [0, 0.05) is 19.6 Å². The van der Waals surface area contributed by atoms with Crippen molar-refractivity contribution < 1.29 is 13.2 Å². The lowest BCUT2D eigenvalue weighted by Gasteiger charge is -2.27. The van der Waals surface area contributed by atoms with Crippen LogP contribution in [0.3, 0.4) is 0 Å². The molecule has 0 amide bonds. The van der Waals surface area contributed by atoms with Gasteiger partial charge in [-0.3, -0.25) is 4.99 Å². The van der Waals surface area contributed by atoms with Crippen LogP contribution in [-0.2, 0) is 14.8 Å². The molecule has 0 spiro atoms. The number of thiophene rings is 1. The van der Waals surface area contributed by atoms with Gasteiger partial charge in [-0.15, -0.1) is 35.3 Å². The fourth-order valence-corrected chi connectivity index (χ4v) is 4.30. The highest BCUT2D eigenvalue weighted by atomic mass is 127. The Balaban J connectivity index is 0.00000242. The molecule has 0 aliphatic carbocycles. The van der Waals surface area contributed by atoms with Crippen LogP contribution in [0.5, 0.6) is 0 Å². The summed E-state index contributed by atoms with van der Waals surface area (Å²) in [4.78, 5) is 6.08. The number of morpholine rings is 1. The third-order valence-electron chi connectivity index (χ3n) is 2.83. The van der Waals surface area contributed by atoms with Gasteiger partial charge in [0.25, 0.3) is 0 Å². The lowest BCUT2D eigenvalue weighted by atomic mass is 10.4. The molecule has 1 aromatic rings. The van der Waals surface area contributed by atoms with E-state index in [0.29, 0.717) is 36.6 Å². The van der Waals surface area contributed by atoms with Crippen LogP contribution >= 0.6 is 46.9 Å². The van der Waals surface area contributed by atoms with Crippen LogP contribution in [0.4, 0.5) is 0 Å². The summed E-state index contributed by atoms with van der Waals surface area (Å²) in [6, 6.07) is 3.02. The van der Waals surface area contributed by atoms with E-state index in [1.165, 1.54) is 6.07 Å². The molecule has 22 heavy (non-hydrogen) atoms. The molecule has 0 bridgehead atoms. The van der Waals surface area contributed by atoms with Crippen molar-refractivity contribution in [1.29, 1.82) is 0 Å². The Morgan fingerprint density at radius 3 is 2.73 bits per heavy atom. The molecule has 0 atom stereocenters. The van der Waals surface area contributed by atoms with Crippen LogP contribution in [-0.4, -0.2) is 58.7 Å². The highest BCUT2D eigenvalue weighted by Crippen LogP contribution is 2.25. The minimum absolute atomic E-state index is 0. The van der Waals surface area contributed by atoms with Gasteiger partial charge >= 0.3 is 0 Å². The molecule has 1 aliphatic rings. The second kappa shape index (κ2) is 9.23. The zero-order valence-electron chi connectivity index (χ0n) is 11.7. The molecule has 0 aromatic carbocycles. The minimum Gasteiger partial charge on any atom is -0.378 e. The van der Waals surface area contributed by atoms with Crippen molar-refractivity contribution in [3.8, 4) is 0 Å². The van der Waals surface area contributed by atoms with Crippen LogP contribution in [0, 0.1) is 0 Å². The first-order valence-corrected chi connectivity index (χ1v) is 9.04. The Morgan fingerprint density at radius 2 is 2.14 bits per heavy atom. The van der Waals surface area contributed by atoms with Gasteiger partial charge in [0.05, 0.1) is 24.1 Å². The van der Waals surface area contributed by atoms with Crippen LogP contribution in [0.25, 0.3) is 0 Å². The van der Waals surface area contributed by atoms with Gasteiger partial charge in [0.1, 0.15) is 4.21 Å². The molecule has 1 aromatic heterocycles. The van der Waals surface area contributed by atoms with E-state index in [1.54, 1.807) is 6.07 Å². The number of guanidine groups is 1. The third-order valence-corrected chi connectivity index (χ3v) is 6.01. The van der Waals surface area contributed by atoms with E-state index >= 15 is 0 Å². The van der Waals surface area contributed by atoms with E-state index in [0.717, 1.165) is 11.3 Å². The van der Waals surface area contributed by atoms with E-state index in [-0.39, 0.29) is 41.3 Å². The molecule has 126 valence electrons. The standard InChI is InChI=1S/C11H17ClN4O3S2.HI/c12-9-1-2-10(20-9)21(17,18)15-4-3-14-11(13)16-5-7-19-8-6-16;/h1-2,15H,3-8H2,(H2,13,14);1H. The number of rotatable bonds is 5. The summed E-state index contributed by atoms with van der Waals surface area (Å²) in [5, 5.41) is 0. The van der Waals surface area contributed by atoms with Crippen molar-refractivity contribution in [2.75, 3.05) is 39.4 Å². The van der Waals surface area contributed by atoms with Gasteiger partial charge in [-0.1, -0.05) is 11.6 Å². The van der Waals surface area contributed by atoms with Crippen molar-refractivity contribution in [2.45, 2.75) is 4.21 Å². The number of halogens is 2. The Hall–Kier alpha value is -0.140. The molecular formula is C11H18ClIN4O3S2. The number of hydrogen-bond acceptors (Lipinski definition) is 5. The molecule has 0 radical (unpaired) electrons. The van der Waals surface area contributed by atoms with Crippen LogP contribution in [0.2, 0.25) is 4.34 Å². The van der Waals surface area contributed by atoms with Gasteiger partial charge in [-0.2, -0.15) is 0 Å². The lowest BCUT2D eigenvalue weighted by molar-refractivity contribution is 0.0674. The van der Waals surface area contributed by atoms with Gasteiger partial charge in [-0.25, -0.2) is 13.1 Å². The smallest absolute Gasteiger partial charge is 0.250 e. The molecule has 1 aliphatic heterocycles. The Labute approximate surface area is 155 Å². The first-order valence-electron chi connectivity index (χ1n) is 6.36. The van der Waals surface area contributed by atoms with Crippen molar-refractivity contribution >= 4 is 62.9 Å². The Morgan fingerprint density at radius 1 is 1.45 bits per heavy atom. The van der Waals surface area contributed by atoms with Gasteiger partial charge < -0.3 is 15.4 Å². The zero-order chi connectivity index (χ0) is 15.3. The molecule has 2 heterocycles. The van der Waals surface area contributed by atoms with E-state index in [2.05, 4.69) is 9.71 Å². The molecule has 3 N–H and O–H groups in total. The number of nitrogens with zero attached hydrogens (tertiary/aromatic N) is 2. The van der Waals surface area contributed by atoms with Gasteiger partial charge in [0.2, 0.25) is 10.0 Å². The Bertz CT molecular complexity index is 602. The molecule has 11 heteroatoms. The predicted octanol–water partition coefficient (Wildman–Crippen LogP) is 0.945. The quantitative estimate of drug-likeness (QED) is 0.283. The number of nitrogens with one attached hydrogen (secondary N) is 1. The number of nitrogens with two attached hydrogens (primary N) is 1. The maximum Gasteiger partial charge on any atom is 0.250 e. The second-order valence-corrected chi connectivity index (χ2v) is 8.00. The zero-order valence-corrected chi connectivity index (χ0v) is 16.4. The van der Waals surface area contributed by atoms with Gasteiger partial charge in [0.15, 0.2) is 5.96 Å². The predicted molar refractivity (Wildman–Crippen MR) is 98.8 cm³/mol. The summed E-state index contributed by atoms with van der Waals surface area (Å²) in [5.41, 5.74) is 5.84. The summed E-state index contributed by atoms with van der Waals surface area (Å²) >= 11 is 6.74. The number of sulfonamides is 1. The first kappa shape index (κ1) is 19.9. The highest BCUT2D eigenvalue weighted by molar-refractivity contribution is 14.0. The summed E-state index contributed by atoms with van der Waals surface area (Å²) in [5.74, 6) is 0.414. The molecular weight excluding hydrogens is 463 g/mol. The van der Waals surface area contributed by atoms with E-state index < -0.39 is 10.0 Å². The van der Waals surface area contributed by atoms with E-state index in [4.69, 9.17) is 22.1 Å². The molecule has 7 nitrogen and oxygen atoms in total. The summed E-state index contributed by atoms with van der Waals surface area (Å²) in [6.45, 7) is 3.12. The maximum atomic E-state index is 11.9. The van der Waals surface area contributed by atoms with Crippen molar-refractivity contribution in [2.24, 2.45) is 10.7 Å². The van der Waals surface area contributed by atoms with Crippen LogP contribution < -0.4 is 10.5 Å². The molecule has 0 unspecified atom stereocenters. The number of hydrogen-bond donors (Lipinski definition) is 2. The molecule has 0 saturated carbocycles. The largest absolute Gasteiger partial charge is 0.378 e. The molecule has 1 fully saturated rings. The lowest BCUT2D eigenvalue weighted by Crippen LogP contribution is -2.45. The minimum atomic E-state index is -3.52. The molecule has 2 rings (SSSR count). The van der Waals surface area contributed by atoms with Crippen LogP contribution in [0.15, 0.2) is 21.3 Å².